The number of piperidine rings is 1. The molecule has 0 aromatic heterocycles. The average molecular weight is 694 g/mol. The van der Waals surface area contributed by atoms with Gasteiger partial charge in [-0.15, -0.1) is 0 Å². The molecule has 0 radical (unpaired) electrons. The lowest BCUT2D eigenvalue weighted by Crippen LogP contribution is -2.64. The van der Waals surface area contributed by atoms with Gasteiger partial charge < -0.3 is 26.2 Å². The highest BCUT2D eigenvalue weighted by Gasteiger charge is 2.71. The van der Waals surface area contributed by atoms with Gasteiger partial charge in [-0.1, -0.05) is 67.2 Å². The number of sulfone groups is 1. The summed E-state index contributed by atoms with van der Waals surface area (Å²) >= 11 is 0. The maximum absolute atomic E-state index is 14.5. The van der Waals surface area contributed by atoms with Crippen LogP contribution in [0.1, 0.15) is 114 Å². The molecule has 13 heteroatoms. The first-order valence-corrected chi connectivity index (χ1v) is 19.4. The van der Waals surface area contributed by atoms with Gasteiger partial charge in [0.2, 0.25) is 17.6 Å². The van der Waals surface area contributed by atoms with Gasteiger partial charge in [0.15, 0.2) is 9.84 Å². The van der Waals surface area contributed by atoms with Crippen LogP contribution in [0.2, 0.25) is 0 Å². The monoisotopic (exact) mass is 693 g/mol. The first-order valence-electron chi connectivity index (χ1n) is 17.7. The molecule has 6 atom stereocenters. The van der Waals surface area contributed by atoms with Gasteiger partial charge in [0, 0.05) is 13.1 Å². The van der Waals surface area contributed by atoms with E-state index in [0.717, 1.165) is 19.3 Å². The van der Waals surface area contributed by atoms with E-state index in [-0.39, 0.29) is 35.5 Å². The zero-order chi connectivity index (χ0) is 36.3. The lowest BCUT2D eigenvalue weighted by Gasteiger charge is -2.41. The quantitative estimate of drug-likeness (QED) is 0.241. The number of likely N-dealkylation sites (N-methyl/N-ethyl adjacent to an activating group) is 1. The third kappa shape index (κ3) is 7.12. The summed E-state index contributed by atoms with van der Waals surface area (Å²) in [6.07, 6.45) is 4.54. The molecule has 4 rings (SSSR count). The maximum atomic E-state index is 14.5. The summed E-state index contributed by atoms with van der Waals surface area (Å²) in [5.74, 6) is -2.70. The van der Waals surface area contributed by atoms with E-state index >= 15 is 0 Å². The van der Waals surface area contributed by atoms with Gasteiger partial charge in [0.1, 0.15) is 17.6 Å². The Hall–Kier alpha value is -2.70. The van der Waals surface area contributed by atoms with Crippen LogP contribution in [0.5, 0.6) is 0 Å². The van der Waals surface area contributed by atoms with Gasteiger partial charge in [0.05, 0.1) is 16.0 Å². The summed E-state index contributed by atoms with van der Waals surface area (Å²) in [5.41, 5.74) is -3.20. The second kappa shape index (κ2) is 12.9. The fourth-order valence-corrected chi connectivity index (χ4v) is 9.72. The molecule has 0 spiro atoms. The highest BCUT2D eigenvalue weighted by atomic mass is 32.2. The van der Waals surface area contributed by atoms with E-state index in [0.29, 0.717) is 32.2 Å². The Morgan fingerprint density at radius 1 is 0.917 bits per heavy atom. The number of fused-ring (bicyclic) bond motifs is 1. The molecule has 4 aliphatic rings. The molecule has 3 saturated carbocycles. The lowest BCUT2D eigenvalue weighted by molar-refractivity contribution is -0.145. The number of likely N-dealkylation sites (tertiary alicyclic amines) is 1. The minimum absolute atomic E-state index is 0.0657. The number of hydrogen-bond acceptors (Lipinski definition) is 7. The topological polar surface area (TPSA) is 171 Å². The van der Waals surface area contributed by atoms with Crippen molar-refractivity contribution in [2.75, 3.05) is 18.8 Å². The molecular formula is C35H59N5O7S. The van der Waals surface area contributed by atoms with Crippen molar-refractivity contribution in [2.24, 2.45) is 28.6 Å². The average Bonchev–Trinajstić information content (AvgIpc) is 3.72. The third-order valence-electron chi connectivity index (χ3n) is 11.6. The highest BCUT2D eigenvalue weighted by molar-refractivity contribution is 7.92. The summed E-state index contributed by atoms with van der Waals surface area (Å²) < 4.78 is 25.6. The fourth-order valence-electron chi connectivity index (χ4n) is 8.20. The van der Waals surface area contributed by atoms with Crippen molar-refractivity contribution < 1.29 is 32.4 Å². The number of carbonyl (C=O) groups excluding carboxylic acids is 5. The van der Waals surface area contributed by atoms with Crippen LogP contribution in [-0.4, -0.2) is 89.6 Å². The molecule has 12 nitrogen and oxygen atoms in total. The van der Waals surface area contributed by atoms with Gasteiger partial charge in [-0.05, 0) is 75.5 Å². The van der Waals surface area contributed by atoms with E-state index in [1.165, 1.54) is 0 Å². The van der Waals surface area contributed by atoms with E-state index < -0.39 is 72.7 Å². The van der Waals surface area contributed by atoms with E-state index in [9.17, 15) is 32.4 Å². The second-order valence-electron chi connectivity index (χ2n) is 17.5. The molecule has 0 aromatic rings. The van der Waals surface area contributed by atoms with Crippen LogP contribution in [0, 0.1) is 28.6 Å². The van der Waals surface area contributed by atoms with E-state index in [1.54, 1.807) is 32.6 Å². The molecule has 272 valence electrons. The van der Waals surface area contributed by atoms with Crippen LogP contribution in [0.3, 0.4) is 0 Å². The van der Waals surface area contributed by atoms with Gasteiger partial charge in [0.25, 0.3) is 5.91 Å². The minimum Gasteiger partial charge on any atom is -0.350 e. The predicted octanol–water partition coefficient (Wildman–Crippen LogP) is 3.09. The fraction of sp³-hybridized carbons (Fsp3) is 0.857. The Labute approximate surface area is 287 Å². The van der Waals surface area contributed by atoms with Crippen molar-refractivity contribution in [1.82, 2.24) is 26.2 Å². The number of nitrogens with zero attached hydrogens (tertiary/aromatic N) is 1. The number of nitrogens with one attached hydrogen (secondary N) is 4. The second-order valence-corrected chi connectivity index (χ2v) is 20.2. The molecular weight excluding hydrogens is 634 g/mol. The van der Waals surface area contributed by atoms with Gasteiger partial charge in [-0.2, -0.15) is 0 Å². The molecule has 0 aromatic carbocycles. The van der Waals surface area contributed by atoms with Crippen molar-refractivity contribution in [1.29, 1.82) is 0 Å². The Morgan fingerprint density at radius 3 is 2.02 bits per heavy atom. The van der Waals surface area contributed by atoms with Gasteiger partial charge >= 0.3 is 6.03 Å². The van der Waals surface area contributed by atoms with Crippen molar-refractivity contribution >= 4 is 39.4 Å². The molecule has 3 aliphatic carbocycles. The number of urea groups is 1. The highest BCUT2D eigenvalue weighted by Crippen LogP contribution is 2.65. The molecule has 5 amide bonds. The molecule has 1 heterocycles. The predicted molar refractivity (Wildman–Crippen MR) is 183 cm³/mol. The molecule has 4 unspecified atom stereocenters. The molecule has 1 saturated heterocycles. The van der Waals surface area contributed by atoms with Crippen LogP contribution < -0.4 is 21.3 Å². The summed E-state index contributed by atoms with van der Waals surface area (Å²) in [4.78, 5) is 69.7. The van der Waals surface area contributed by atoms with Crippen LogP contribution >= 0.6 is 0 Å². The van der Waals surface area contributed by atoms with Crippen molar-refractivity contribution in [3.8, 4) is 0 Å². The SMILES string of the molecule is CCNC(=O)C(=O)C1(NC(=O)[C@@H]2C3C(CN2C(=O)[C@H](NC(=O)NC2(CS(=O)(=O)C(C)(C)C)CCCCC2)C(C)(C)C)C3(C)C)CC1CC. The number of hydrogen-bond donors (Lipinski definition) is 4. The first kappa shape index (κ1) is 38.1. The van der Waals surface area contributed by atoms with Crippen LogP contribution in [0.4, 0.5) is 4.79 Å². The van der Waals surface area contributed by atoms with Gasteiger partial charge in [-0.25, -0.2) is 13.2 Å². The summed E-state index contributed by atoms with van der Waals surface area (Å²) in [6, 6.07) is -2.51. The Kier molecular flexibility index (Phi) is 10.2. The smallest absolute Gasteiger partial charge is 0.315 e. The molecule has 4 fully saturated rings. The standard InChI is InChI=1S/C35H59N5O7S/c1-11-21-18-35(21,26(41)28(43)36-12-2)38-27(42)24-23-22(33(23,9)10)19-40(24)29(44)25(31(3,4)5)37-30(45)39-34(16-14-13-15-17-34)20-48(46,47)32(6,7)8/h21-25H,11-20H2,1-10H3,(H,36,43)(H,38,42)(H2,37,39,45)/t21?,22?,23?,24-,25-,35?/m0/s1. The lowest BCUT2D eigenvalue weighted by atomic mass is 9.83. The van der Waals surface area contributed by atoms with E-state index in [1.807, 2.05) is 27.7 Å². The third-order valence-corrected chi connectivity index (χ3v) is 14.4. The van der Waals surface area contributed by atoms with E-state index in [2.05, 4.69) is 35.1 Å². The van der Waals surface area contributed by atoms with Crippen molar-refractivity contribution in [2.45, 2.75) is 142 Å². The summed E-state index contributed by atoms with van der Waals surface area (Å²) in [6.45, 7) is 18.9. The van der Waals surface area contributed by atoms with Crippen LogP contribution in [-0.2, 0) is 29.0 Å². The van der Waals surface area contributed by atoms with E-state index in [4.69, 9.17) is 0 Å². The summed E-state index contributed by atoms with van der Waals surface area (Å²) in [5, 5.41) is 11.4. The number of Topliss-reactive ketones (excluding diaryl/α,β-unsaturated/α-hetero) is 1. The minimum atomic E-state index is -3.56. The molecule has 1 aliphatic heterocycles. The summed E-state index contributed by atoms with van der Waals surface area (Å²) in [7, 11) is -3.56. The Morgan fingerprint density at radius 2 is 1.52 bits per heavy atom. The number of ketones is 1. The van der Waals surface area contributed by atoms with Gasteiger partial charge in [-0.3, -0.25) is 19.2 Å². The van der Waals surface area contributed by atoms with Crippen molar-refractivity contribution in [3.05, 3.63) is 0 Å². The molecule has 4 N–H and O–H groups in total. The maximum Gasteiger partial charge on any atom is 0.315 e. The van der Waals surface area contributed by atoms with Crippen molar-refractivity contribution in [3.63, 3.8) is 0 Å². The zero-order valence-electron chi connectivity index (χ0n) is 30.7. The Balaban J connectivity index is 1.57. The molecule has 0 bridgehead atoms. The van der Waals surface area contributed by atoms with Crippen LogP contribution in [0.25, 0.3) is 0 Å². The largest absolute Gasteiger partial charge is 0.350 e. The normalized spacial score (nSPS) is 29.6. The zero-order valence-corrected chi connectivity index (χ0v) is 31.5. The van der Waals surface area contributed by atoms with Crippen LogP contribution in [0.15, 0.2) is 0 Å². The Bertz CT molecular complexity index is 1420. The number of rotatable bonds is 11. The number of carbonyl (C=O) groups is 5. The number of amides is 5. The molecule has 48 heavy (non-hydrogen) atoms. The first-order chi connectivity index (χ1) is 22.0.